The Hall–Kier alpha value is -5.10. The van der Waals surface area contributed by atoms with Crippen LogP contribution in [0.2, 0.25) is 0 Å². The third kappa shape index (κ3) is 25.2. The second-order valence-electron chi connectivity index (χ2n) is 35.2. The lowest BCUT2D eigenvalue weighted by molar-refractivity contribution is -0.402. The Bertz CT molecular complexity index is 3880. The molecule has 60 nitrogen and oxygen atoms in total. The molecule has 60 heteroatoms. The Morgan fingerprint density at radius 2 is 0.457 bits per heavy atom. The van der Waals surface area contributed by atoms with Gasteiger partial charge in [-0.2, -0.15) is 0 Å². The Kier molecular flexibility index (Phi) is 40.5. The first-order valence-electron chi connectivity index (χ1n) is 44.3. The first kappa shape index (κ1) is 113. The summed E-state index contributed by atoms with van der Waals surface area (Å²) in [5, 5.41) is 322. The van der Waals surface area contributed by atoms with E-state index in [-0.39, 0.29) is 0 Å². The Morgan fingerprint density at radius 3 is 0.833 bits per heavy atom. The number of hydrogen-bond donors (Lipinski definition) is 33. The second-order valence-corrected chi connectivity index (χ2v) is 35.2. The fraction of sp³-hybridized carbons (Fsp3) is 0.923. The van der Waals surface area contributed by atoms with Crippen LogP contribution in [-0.2, 0) is 128 Å². The third-order valence-electron chi connectivity index (χ3n) is 25.3. The summed E-state index contributed by atoms with van der Waals surface area (Å²) in [6, 6.07) is -11.5. The summed E-state index contributed by atoms with van der Waals surface area (Å²) in [5.41, 5.74) is 0. The molecule has 0 aromatic carbocycles. The van der Waals surface area contributed by atoms with Gasteiger partial charge in [0, 0.05) is 41.5 Å². The van der Waals surface area contributed by atoms with E-state index in [1.807, 2.05) is 0 Å². The Morgan fingerprint density at radius 1 is 0.203 bits per heavy atom. The molecule has 0 aliphatic carbocycles. The highest BCUT2D eigenvalue weighted by atomic mass is 16.8. The van der Waals surface area contributed by atoms with Gasteiger partial charge in [0.1, 0.15) is 256 Å². The number of carbonyl (C=O) groups excluding carboxylic acids is 6. The normalized spacial score (nSPS) is 48.6. The van der Waals surface area contributed by atoms with Crippen LogP contribution < -0.4 is 31.9 Å². The number of aliphatic hydroxyl groups is 27. The molecule has 11 saturated heterocycles. The number of rotatable bonds is 35. The van der Waals surface area contributed by atoms with E-state index in [0.717, 1.165) is 41.5 Å². The molecule has 0 aromatic heterocycles. The molecule has 0 spiro atoms. The largest absolute Gasteiger partial charge is 0.394 e. The fourth-order valence-electron chi connectivity index (χ4n) is 18.1. The first-order chi connectivity index (χ1) is 65.2. The van der Waals surface area contributed by atoms with Crippen molar-refractivity contribution in [1.82, 2.24) is 31.9 Å². The first-order valence-corrected chi connectivity index (χ1v) is 44.3. The minimum absolute atomic E-state index is 0.821. The van der Waals surface area contributed by atoms with Gasteiger partial charge in [-0.15, -0.1) is 0 Å². The van der Waals surface area contributed by atoms with E-state index in [1.54, 1.807) is 0 Å². The monoisotopic (exact) mass is 2010 g/mol. The van der Waals surface area contributed by atoms with E-state index in [0.29, 0.717) is 0 Å². The number of ether oxygens (including phenoxy) is 21. The zero-order chi connectivity index (χ0) is 102. The molecule has 0 unspecified atom stereocenters. The molecule has 0 radical (unpaired) electrons. The van der Waals surface area contributed by atoms with E-state index >= 15 is 0 Å². The third-order valence-corrected chi connectivity index (χ3v) is 25.3. The molecule has 11 aliphatic rings. The van der Waals surface area contributed by atoms with E-state index in [9.17, 15) is 167 Å². The predicted octanol–water partition coefficient (Wildman–Crippen LogP) is -22.1. The van der Waals surface area contributed by atoms with E-state index in [1.165, 1.54) is 13.8 Å². The highest BCUT2D eigenvalue weighted by Gasteiger charge is 2.64. The summed E-state index contributed by atoms with van der Waals surface area (Å²) in [7, 11) is 0. The molecule has 11 aliphatic heterocycles. The van der Waals surface area contributed by atoms with E-state index < -0.39 is 432 Å². The topological polar surface area (TPSA) is 915 Å². The van der Waals surface area contributed by atoms with Crippen LogP contribution in [0.5, 0.6) is 0 Å². The Labute approximate surface area is 783 Å². The summed E-state index contributed by atoms with van der Waals surface area (Å²) in [4.78, 5) is 78.4. The van der Waals surface area contributed by atoms with Gasteiger partial charge in [-0.05, 0) is 13.8 Å². The van der Waals surface area contributed by atoms with Crippen molar-refractivity contribution in [3.63, 3.8) is 0 Å². The van der Waals surface area contributed by atoms with Crippen LogP contribution in [0.15, 0.2) is 0 Å². The van der Waals surface area contributed by atoms with Crippen molar-refractivity contribution in [3.8, 4) is 0 Å². The number of hydrogen-bond acceptors (Lipinski definition) is 54. The summed E-state index contributed by atoms with van der Waals surface area (Å²) in [6.07, 6.45) is -104. The van der Waals surface area contributed by atoms with Crippen LogP contribution in [0.25, 0.3) is 0 Å². The maximum absolute atomic E-state index is 13.7. The maximum atomic E-state index is 13.7. The number of amides is 6. The van der Waals surface area contributed by atoms with Crippen LogP contribution in [0.3, 0.4) is 0 Å². The van der Waals surface area contributed by atoms with E-state index in [4.69, 9.17) is 99.5 Å². The van der Waals surface area contributed by atoms with E-state index in [2.05, 4.69) is 31.9 Å². The predicted molar refractivity (Wildman–Crippen MR) is 429 cm³/mol. The van der Waals surface area contributed by atoms with Crippen molar-refractivity contribution in [2.75, 3.05) is 59.5 Å². The minimum atomic E-state index is -2.70. The van der Waals surface area contributed by atoms with Gasteiger partial charge >= 0.3 is 0 Å². The van der Waals surface area contributed by atoms with Crippen molar-refractivity contribution in [1.29, 1.82) is 0 Å². The van der Waals surface area contributed by atoms with Gasteiger partial charge in [-0.1, -0.05) is 0 Å². The van der Waals surface area contributed by atoms with Crippen LogP contribution >= 0.6 is 0 Å². The number of carbonyl (C=O) groups is 6. The summed E-state index contributed by atoms with van der Waals surface area (Å²) in [5.74, 6) is -5.65. The van der Waals surface area contributed by atoms with Gasteiger partial charge in [0.25, 0.3) is 0 Å². The Balaban J connectivity index is 0.983. The van der Waals surface area contributed by atoms with Crippen LogP contribution in [0.4, 0.5) is 0 Å². The summed E-state index contributed by atoms with van der Waals surface area (Å²) >= 11 is 0. The molecule has 11 fully saturated rings. The van der Waals surface area contributed by atoms with Crippen molar-refractivity contribution < 1.29 is 266 Å². The van der Waals surface area contributed by atoms with Gasteiger partial charge in [-0.3, -0.25) is 28.8 Å². The minimum Gasteiger partial charge on any atom is -0.394 e. The molecule has 0 aromatic rings. The van der Waals surface area contributed by atoms with Crippen LogP contribution in [0, 0.1) is 0 Å². The maximum Gasteiger partial charge on any atom is 0.217 e. The van der Waals surface area contributed by atoms with Gasteiger partial charge in [-0.25, -0.2) is 0 Å². The smallest absolute Gasteiger partial charge is 0.217 e. The lowest BCUT2D eigenvalue weighted by Crippen LogP contribution is -2.72. The van der Waals surface area contributed by atoms with Gasteiger partial charge in [0.15, 0.2) is 69.2 Å². The lowest BCUT2D eigenvalue weighted by Gasteiger charge is -2.52. The molecule has 11 heterocycles. The summed E-state index contributed by atoms with van der Waals surface area (Å²) < 4.78 is 129. The number of aliphatic hydroxyl groups excluding tert-OH is 27. The lowest BCUT2D eigenvalue weighted by atomic mass is 9.93. The molecular weight excluding hydrogens is 1880 g/mol. The van der Waals surface area contributed by atoms with Crippen molar-refractivity contribution in [2.24, 2.45) is 0 Å². The molecule has 6 amide bonds. The molecule has 0 bridgehead atoms. The zero-order valence-corrected chi connectivity index (χ0v) is 75.2. The second kappa shape index (κ2) is 49.4. The molecule has 138 heavy (non-hydrogen) atoms. The van der Waals surface area contributed by atoms with Crippen LogP contribution in [0.1, 0.15) is 55.4 Å². The molecule has 796 valence electrons. The zero-order valence-electron chi connectivity index (χ0n) is 75.2. The van der Waals surface area contributed by atoms with Gasteiger partial charge in [0.2, 0.25) is 35.4 Å². The molecule has 11 rings (SSSR count). The molecule has 0 saturated carbocycles. The van der Waals surface area contributed by atoms with Crippen molar-refractivity contribution >= 4 is 35.4 Å². The highest BCUT2D eigenvalue weighted by molar-refractivity contribution is 5.75. The summed E-state index contributed by atoms with van der Waals surface area (Å²) in [6.45, 7) is -2.57. The SMILES string of the molecule is CC(=O)N[C@@H]1[C@@H](O)[C@H](O[C@@H]2O[C@H](CO)[C@@H](O[C@@H]3O[C@H](CO[C@H]4O[C@H](CO)[C@@H](O)[C@H](O)[C@@H]4O[C@@H]4O[C@H](CO)[C@@H](O[C@@H]5O[C@H](CO)[C@H](O)[C@H](O)[C@H]5NC(C)=O)[C@H](O[C@@H]5O[C@@H](C)[C@@H](O)[C@@H](O)[C@@H]5O)[C@H]4NC(C)=O)[C@@H](O)[C@H](O[C@H]4O[C@H](CO)[C@@H](O)[C@H](O)[C@@H]4O[C@@H]4O[C@H](CO)[C@@H](O[C@@H]5O[C@H](CO)[C@H](O)[C@H](O)[C@H]5NC(C)=O)[C@H](O[C@@H]5O[C@@H](C)[C@@H](O)[C@@H](O)[C@@H]5O)[C@H]4NC(C)=O)[C@@H]3O)[C@H](O)[C@H]2NC(C)=O)[C@@H](CO)O[C@@H]1O. The average Bonchev–Trinajstić information content (AvgIpc) is 0.749. The molecule has 33 N–H and O–H groups in total. The van der Waals surface area contributed by atoms with Gasteiger partial charge in [0.05, 0.1) is 71.7 Å². The molecule has 55 atom stereocenters. The standard InChI is InChI=1S/C78H130N6O54/c1-18-41(99)52(110)56(114)74(119-18)134-63-39(83-24(7)97)72(127-32(15-91)61(63)132-69-36(80-21(4)94)48(106)43(101)26(9-85)122-69)137-66-54(112)45(103)28(11-87)124-77(66)118-17-34-47(105)65(58(116)76(129-34)131-60-31(14-90)126-71(38(51(60)109)82-23(6)96)130-59-30(13-89)121-68(117)35(50(59)108)79-20(3)93)136-78-67(55(113)46(104)29(12-88)125-78)138-73-40(84-25(8)98)64(135-75-57(115)53(111)42(100)19(2)120-75)62(33(16-92)128-73)133-70-37(81-22(5)95)49(107)44(102)27(10-86)123-70/h18-19,26-78,85-92,99-117H,9-17H2,1-8H3,(H,79,93)(H,80,94)(H,81,95)(H,82,96)(H,83,97)(H,84,98)/t18-,19-,26+,27+,28+,29+,30+,31+,32+,33+,34+,35+,36+,37+,38+,39+,40+,41+,42+,43-,44-,45+,46+,47+,48+,49+,50+,51+,52+,53+,54-,55-,56-,57-,58-,59+,60+,61+,62+,63+,64+,65-,66-,67-,68-,69-,70-,71-,72-,73-,74-,75-,76-,77-,78+/m0/s1. The highest BCUT2D eigenvalue weighted by Crippen LogP contribution is 2.43. The molecular formula is C78H130N6O54. The number of nitrogens with one attached hydrogen (secondary N) is 6. The van der Waals surface area contributed by atoms with Crippen molar-refractivity contribution in [2.45, 2.75) is 393 Å². The van der Waals surface area contributed by atoms with Crippen LogP contribution in [-0.4, -0.2) is 570 Å². The van der Waals surface area contributed by atoms with Gasteiger partial charge < -0.3 is 269 Å². The average molecular weight is 2020 g/mol. The van der Waals surface area contributed by atoms with Crippen molar-refractivity contribution in [3.05, 3.63) is 0 Å². The quantitative estimate of drug-likeness (QED) is 0.0280. The fourth-order valence-corrected chi connectivity index (χ4v) is 18.1.